The molecule has 118 valence electrons. The number of hydrogen-bond acceptors (Lipinski definition) is 5. The number of amides is 1. The number of rotatable bonds is 3. The Morgan fingerprint density at radius 1 is 1.24 bits per heavy atom. The second kappa shape index (κ2) is 5.76. The Kier molecular flexibility index (Phi) is 4.38. The highest BCUT2D eigenvalue weighted by molar-refractivity contribution is 7.88. The SMILES string of the molecule is Cc1oc(C(C)C)nc1C(=O)N1CCN(S(C)(=O)=O)CC1. The van der Waals surface area contributed by atoms with E-state index in [2.05, 4.69) is 4.98 Å². The quantitative estimate of drug-likeness (QED) is 0.824. The predicted molar refractivity (Wildman–Crippen MR) is 77.6 cm³/mol. The molecule has 7 nitrogen and oxygen atoms in total. The molecule has 1 fully saturated rings. The summed E-state index contributed by atoms with van der Waals surface area (Å²) in [5.74, 6) is 0.975. The lowest BCUT2D eigenvalue weighted by Crippen LogP contribution is -2.50. The van der Waals surface area contributed by atoms with Crippen molar-refractivity contribution in [3.63, 3.8) is 0 Å². The van der Waals surface area contributed by atoms with Gasteiger partial charge in [0.25, 0.3) is 5.91 Å². The molecule has 0 unspecified atom stereocenters. The van der Waals surface area contributed by atoms with E-state index in [0.717, 1.165) is 0 Å². The minimum absolute atomic E-state index is 0.118. The summed E-state index contributed by atoms with van der Waals surface area (Å²) in [6, 6.07) is 0. The van der Waals surface area contributed by atoms with Gasteiger partial charge in [-0.05, 0) is 6.92 Å². The van der Waals surface area contributed by atoms with Crippen LogP contribution < -0.4 is 0 Å². The lowest BCUT2D eigenvalue weighted by atomic mass is 10.2. The number of nitrogens with zero attached hydrogens (tertiary/aromatic N) is 3. The van der Waals surface area contributed by atoms with E-state index in [1.165, 1.54) is 10.6 Å². The standard InChI is InChI=1S/C13H21N3O4S/c1-9(2)12-14-11(10(3)20-12)13(17)15-5-7-16(8-6-15)21(4,18)19/h9H,5-8H2,1-4H3. The Morgan fingerprint density at radius 2 is 1.81 bits per heavy atom. The van der Waals surface area contributed by atoms with Gasteiger partial charge in [0.1, 0.15) is 5.76 Å². The second-order valence-corrected chi connectivity index (χ2v) is 7.55. The highest BCUT2D eigenvalue weighted by Gasteiger charge is 2.29. The van der Waals surface area contributed by atoms with Crippen LogP contribution in [0.4, 0.5) is 0 Å². The summed E-state index contributed by atoms with van der Waals surface area (Å²) in [5.41, 5.74) is 0.325. The molecule has 2 rings (SSSR count). The molecule has 0 saturated carbocycles. The first-order chi connectivity index (χ1) is 9.70. The predicted octanol–water partition coefficient (Wildman–Crippen LogP) is 0.824. The highest BCUT2D eigenvalue weighted by atomic mass is 32.2. The topological polar surface area (TPSA) is 83.7 Å². The first-order valence-corrected chi connectivity index (χ1v) is 8.76. The zero-order chi connectivity index (χ0) is 15.8. The molecule has 1 aromatic heterocycles. The zero-order valence-corrected chi connectivity index (χ0v) is 13.6. The lowest BCUT2D eigenvalue weighted by Gasteiger charge is -2.32. The van der Waals surface area contributed by atoms with Crippen molar-refractivity contribution in [3.05, 3.63) is 17.3 Å². The molecule has 0 spiro atoms. The van der Waals surface area contributed by atoms with E-state index < -0.39 is 10.0 Å². The Labute approximate surface area is 125 Å². The lowest BCUT2D eigenvalue weighted by molar-refractivity contribution is 0.0691. The van der Waals surface area contributed by atoms with E-state index >= 15 is 0 Å². The molecule has 8 heteroatoms. The van der Waals surface area contributed by atoms with Crippen LogP contribution in [0.15, 0.2) is 4.42 Å². The van der Waals surface area contributed by atoms with Gasteiger partial charge in [0.2, 0.25) is 10.0 Å². The zero-order valence-electron chi connectivity index (χ0n) is 12.8. The number of hydrogen-bond donors (Lipinski definition) is 0. The van der Waals surface area contributed by atoms with Crippen LogP contribution in [0.3, 0.4) is 0 Å². The molecule has 1 aliphatic heterocycles. The third kappa shape index (κ3) is 3.44. The van der Waals surface area contributed by atoms with Crippen LogP contribution in [0.5, 0.6) is 0 Å². The van der Waals surface area contributed by atoms with Crippen molar-refractivity contribution in [3.8, 4) is 0 Å². The average Bonchev–Trinajstić information content (AvgIpc) is 2.79. The molecule has 0 atom stereocenters. The van der Waals surface area contributed by atoms with Crippen molar-refractivity contribution >= 4 is 15.9 Å². The van der Waals surface area contributed by atoms with E-state index in [0.29, 0.717) is 43.5 Å². The number of oxazole rings is 1. The first kappa shape index (κ1) is 16.0. The fourth-order valence-corrected chi connectivity index (χ4v) is 3.06. The van der Waals surface area contributed by atoms with Crippen molar-refractivity contribution in [1.29, 1.82) is 0 Å². The monoisotopic (exact) mass is 315 g/mol. The maximum absolute atomic E-state index is 12.4. The number of carbonyl (C=O) groups excluding carboxylic acids is 1. The van der Waals surface area contributed by atoms with E-state index in [1.54, 1.807) is 11.8 Å². The molecule has 1 saturated heterocycles. The van der Waals surface area contributed by atoms with Gasteiger partial charge in [0.15, 0.2) is 11.6 Å². The van der Waals surface area contributed by atoms with Crippen LogP contribution in [0.1, 0.15) is 41.9 Å². The van der Waals surface area contributed by atoms with Crippen LogP contribution in [-0.2, 0) is 10.0 Å². The number of sulfonamides is 1. The maximum atomic E-state index is 12.4. The Morgan fingerprint density at radius 3 is 2.24 bits per heavy atom. The number of carbonyl (C=O) groups is 1. The summed E-state index contributed by atoms with van der Waals surface area (Å²) in [5, 5.41) is 0. The van der Waals surface area contributed by atoms with Crippen molar-refractivity contribution in [2.24, 2.45) is 0 Å². The molecule has 0 N–H and O–H groups in total. The van der Waals surface area contributed by atoms with E-state index in [1.807, 2.05) is 13.8 Å². The average molecular weight is 315 g/mol. The third-order valence-electron chi connectivity index (χ3n) is 3.50. The van der Waals surface area contributed by atoms with Gasteiger partial charge in [0, 0.05) is 32.1 Å². The first-order valence-electron chi connectivity index (χ1n) is 6.92. The Hall–Kier alpha value is -1.41. The highest BCUT2D eigenvalue weighted by Crippen LogP contribution is 2.19. The molecule has 2 heterocycles. The van der Waals surface area contributed by atoms with Crippen LogP contribution >= 0.6 is 0 Å². The fraction of sp³-hybridized carbons (Fsp3) is 0.692. The number of piperazine rings is 1. The van der Waals surface area contributed by atoms with E-state index in [4.69, 9.17) is 4.42 Å². The van der Waals surface area contributed by atoms with Crippen LogP contribution in [-0.4, -0.2) is 60.9 Å². The van der Waals surface area contributed by atoms with Crippen molar-refractivity contribution < 1.29 is 17.6 Å². The van der Waals surface area contributed by atoms with Crippen molar-refractivity contribution in [2.75, 3.05) is 32.4 Å². The molecule has 1 amide bonds. The van der Waals surface area contributed by atoms with Crippen molar-refractivity contribution in [1.82, 2.24) is 14.2 Å². The molecule has 0 bridgehead atoms. The minimum Gasteiger partial charge on any atom is -0.445 e. The molecule has 21 heavy (non-hydrogen) atoms. The van der Waals surface area contributed by atoms with E-state index in [9.17, 15) is 13.2 Å². The largest absolute Gasteiger partial charge is 0.445 e. The van der Waals surface area contributed by atoms with Gasteiger partial charge in [-0.25, -0.2) is 13.4 Å². The fourth-order valence-electron chi connectivity index (χ4n) is 2.23. The number of aromatic nitrogens is 1. The van der Waals surface area contributed by atoms with Gasteiger partial charge < -0.3 is 9.32 Å². The smallest absolute Gasteiger partial charge is 0.276 e. The summed E-state index contributed by atoms with van der Waals surface area (Å²) in [6.45, 7) is 7.00. The summed E-state index contributed by atoms with van der Waals surface area (Å²) in [4.78, 5) is 18.3. The molecule has 0 aromatic carbocycles. The van der Waals surface area contributed by atoms with Crippen LogP contribution in [0.25, 0.3) is 0 Å². The molecule has 1 aromatic rings. The number of aryl methyl sites for hydroxylation is 1. The Bertz CT molecular complexity index is 628. The van der Waals surface area contributed by atoms with Gasteiger partial charge in [-0.1, -0.05) is 13.8 Å². The third-order valence-corrected chi connectivity index (χ3v) is 4.81. The Balaban J connectivity index is 2.09. The minimum atomic E-state index is -3.19. The summed E-state index contributed by atoms with van der Waals surface area (Å²) in [6.07, 6.45) is 1.18. The van der Waals surface area contributed by atoms with Crippen LogP contribution in [0, 0.1) is 6.92 Å². The van der Waals surface area contributed by atoms with Gasteiger partial charge in [-0.15, -0.1) is 0 Å². The second-order valence-electron chi connectivity index (χ2n) is 5.57. The molecule has 1 aliphatic rings. The van der Waals surface area contributed by atoms with E-state index in [-0.39, 0.29) is 11.8 Å². The van der Waals surface area contributed by atoms with Gasteiger partial charge >= 0.3 is 0 Å². The van der Waals surface area contributed by atoms with Gasteiger partial charge in [0.05, 0.1) is 6.26 Å². The molecular weight excluding hydrogens is 294 g/mol. The summed E-state index contributed by atoms with van der Waals surface area (Å²) >= 11 is 0. The summed E-state index contributed by atoms with van der Waals surface area (Å²) in [7, 11) is -3.19. The molecule has 0 aliphatic carbocycles. The van der Waals surface area contributed by atoms with Crippen LogP contribution in [0.2, 0.25) is 0 Å². The molecular formula is C13H21N3O4S. The van der Waals surface area contributed by atoms with Crippen molar-refractivity contribution in [2.45, 2.75) is 26.7 Å². The van der Waals surface area contributed by atoms with Gasteiger partial charge in [-0.3, -0.25) is 4.79 Å². The maximum Gasteiger partial charge on any atom is 0.276 e. The summed E-state index contributed by atoms with van der Waals surface area (Å²) < 4.78 is 29.8. The molecule has 0 radical (unpaired) electrons. The normalized spacial score (nSPS) is 17.5. The van der Waals surface area contributed by atoms with Gasteiger partial charge in [-0.2, -0.15) is 4.31 Å².